The van der Waals surface area contributed by atoms with Gasteiger partial charge in [0.1, 0.15) is 5.60 Å². The van der Waals surface area contributed by atoms with Gasteiger partial charge in [-0.05, 0) is 32.2 Å². The molecule has 0 spiro atoms. The van der Waals surface area contributed by atoms with E-state index in [4.69, 9.17) is 4.74 Å². The molecule has 7 heteroatoms. The van der Waals surface area contributed by atoms with Crippen molar-refractivity contribution in [3.8, 4) is 10.6 Å². The molecule has 0 aromatic carbocycles. The van der Waals surface area contributed by atoms with Crippen LogP contribution in [0.15, 0.2) is 23.7 Å². The van der Waals surface area contributed by atoms with Gasteiger partial charge in [-0.2, -0.15) is 5.10 Å². The minimum absolute atomic E-state index is 0.461. The first-order valence-electron chi connectivity index (χ1n) is 6.24. The number of thiophene rings is 1. The summed E-state index contributed by atoms with van der Waals surface area (Å²) in [6.07, 6.45) is 1.23. The Labute approximate surface area is 121 Å². The third kappa shape index (κ3) is 4.07. The van der Waals surface area contributed by atoms with Gasteiger partial charge in [0.05, 0.1) is 16.8 Å². The predicted molar refractivity (Wildman–Crippen MR) is 78.1 cm³/mol. The van der Waals surface area contributed by atoms with Crippen molar-refractivity contribution >= 4 is 17.4 Å². The Morgan fingerprint density at radius 1 is 1.50 bits per heavy atom. The second-order valence-corrected chi connectivity index (χ2v) is 6.18. The monoisotopic (exact) mass is 294 g/mol. The molecule has 2 rings (SSSR count). The molecule has 20 heavy (non-hydrogen) atoms. The van der Waals surface area contributed by atoms with Crippen molar-refractivity contribution in [2.24, 2.45) is 0 Å². The Kier molecular flexibility index (Phi) is 4.41. The lowest BCUT2D eigenvalue weighted by Gasteiger charge is -2.19. The van der Waals surface area contributed by atoms with E-state index >= 15 is 0 Å². The molecular formula is C13H18N4O2S. The van der Waals surface area contributed by atoms with E-state index in [0.29, 0.717) is 6.54 Å². The van der Waals surface area contributed by atoms with E-state index in [1.807, 2.05) is 38.3 Å². The molecule has 0 aliphatic heterocycles. The maximum absolute atomic E-state index is 11.5. The number of hydrogen-bond donors (Lipinski definition) is 3. The van der Waals surface area contributed by atoms with Gasteiger partial charge >= 0.3 is 6.09 Å². The van der Waals surface area contributed by atoms with E-state index < -0.39 is 11.7 Å². The summed E-state index contributed by atoms with van der Waals surface area (Å²) in [5, 5.41) is 9.00. The summed E-state index contributed by atoms with van der Waals surface area (Å²) in [4.78, 5) is 12.6. The van der Waals surface area contributed by atoms with Gasteiger partial charge in [-0.25, -0.2) is 10.2 Å². The van der Waals surface area contributed by atoms with Crippen molar-refractivity contribution in [1.82, 2.24) is 21.0 Å². The molecule has 1 amide bonds. The zero-order valence-corrected chi connectivity index (χ0v) is 12.5. The van der Waals surface area contributed by atoms with Crippen molar-refractivity contribution in [3.63, 3.8) is 0 Å². The number of aromatic amines is 1. The molecule has 2 heterocycles. The normalized spacial score (nSPS) is 11.3. The average molecular weight is 294 g/mol. The number of H-pyrrole nitrogens is 1. The first-order chi connectivity index (χ1) is 9.46. The van der Waals surface area contributed by atoms with Crippen molar-refractivity contribution in [2.75, 3.05) is 0 Å². The number of carbonyl (C=O) groups excluding carboxylic acids is 1. The zero-order chi connectivity index (χ0) is 14.6. The van der Waals surface area contributed by atoms with Crippen LogP contribution >= 0.6 is 11.3 Å². The van der Waals surface area contributed by atoms with Gasteiger partial charge in [0.25, 0.3) is 0 Å². The summed E-state index contributed by atoms with van der Waals surface area (Å²) < 4.78 is 5.13. The van der Waals surface area contributed by atoms with E-state index in [2.05, 4.69) is 21.0 Å². The quantitative estimate of drug-likeness (QED) is 0.757. The molecule has 2 aromatic heterocycles. The van der Waals surface area contributed by atoms with Gasteiger partial charge in [-0.15, -0.1) is 11.3 Å². The summed E-state index contributed by atoms with van der Waals surface area (Å²) in [6.45, 7) is 5.91. The summed E-state index contributed by atoms with van der Waals surface area (Å²) in [5.41, 5.74) is 6.76. The molecule has 2 aromatic rings. The standard InChI is InChI=1S/C13H18N4O2S/c1-13(2,3)19-12(18)17-15-8-9-7-14-16-11(9)10-5-4-6-20-10/h4-7,15H,8H2,1-3H3,(H,14,16)(H,17,18). The number of carbonyl (C=O) groups is 1. The molecule has 0 aliphatic carbocycles. The second-order valence-electron chi connectivity index (χ2n) is 5.23. The summed E-state index contributed by atoms with van der Waals surface area (Å²) in [5.74, 6) is 0. The largest absolute Gasteiger partial charge is 0.443 e. The van der Waals surface area contributed by atoms with Crippen LogP contribution in [0, 0.1) is 0 Å². The first kappa shape index (κ1) is 14.5. The number of ether oxygens (including phenoxy) is 1. The molecule has 0 bridgehead atoms. The van der Waals surface area contributed by atoms with Gasteiger partial charge < -0.3 is 4.74 Å². The minimum Gasteiger partial charge on any atom is -0.443 e. The summed E-state index contributed by atoms with van der Waals surface area (Å²) in [7, 11) is 0. The molecular weight excluding hydrogens is 276 g/mol. The third-order valence-electron chi connectivity index (χ3n) is 2.35. The van der Waals surface area contributed by atoms with Crippen molar-refractivity contribution in [3.05, 3.63) is 29.3 Å². The number of hydrogen-bond acceptors (Lipinski definition) is 5. The average Bonchev–Trinajstić information content (AvgIpc) is 2.95. The Bertz CT molecular complexity index is 557. The molecule has 0 fully saturated rings. The molecule has 108 valence electrons. The highest BCUT2D eigenvalue weighted by Crippen LogP contribution is 2.25. The number of amides is 1. The zero-order valence-electron chi connectivity index (χ0n) is 11.7. The van der Waals surface area contributed by atoms with Crippen LogP contribution in [0.2, 0.25) is 0 Å². The fraction of sp³-hybridized carbons (Fsp3) is 0.385. The third-order valence-corrected chi connectivity index (χ3v) is 3.24. The van der Waals surface area contributed by atoms with Crippen molar-refractivity contribution < 1.29 is 9.53 Å². The predicted octanol–water partition coefficient (Wildman–Crippen LogP) is 2.67. The smallest absolute Gasteiger partial charge is 0.422 e. The van der Waals surface area contributed by atoms with Gasteiger partial charge in [0, 0.05) is 12.1 Å². The molecule has 0 radical (unpaired) electrons. The molecule has 6 nitrogen and oxygen atoms in total. The van der Waals surface area contributed by atoms with Crippen molar-refractivity contribution in [1.29, 1.82) is 0 Å². The van der Waals surface area contributed by atoms with E-state index in [0.717, 1.165) is 16.1 Å². The molecule has 0 saturated heterocycles. The highest BCUT2D eigenvalue weighted by atomic mass is 32.1. The molecule has 0 unspecified atom stereocenters. The van der Waals surface area contributed by atoms with Gasteiger partial charge in [-0.3, -0.25) is 10.5 Å². The number of nitrogens with one attached hydrogen (secondary N) is 3. The van der Waals surface area contributed by atoms with E-state index in [-0.39, 0.29) is 0 Å². The Hall–Kier alpha value is -1.86. The van der Waals surface area contributed by atoms with Gasteiger partial charge in [0.2, 0.25) is 0 Å². The van der Waals surface area contributed by atoms with Crippen LogP contribution in [0.3, 0.4) is 0 Å². The second kappa shape index (κ2) is 6.06. The lowest BCUT2D eigenvalue weighted by molar-refractivity contribution is 0.0497. The Morgan fingerprint density at radius 3 is 2.95 bits per heavy atom. The van der Waals surface area contributed by atoms with E-state index in [9.17, 15) is 4.79 Å². The number of hydrazine groups is 1. The van der Waals surface area contributed by atoms with E-state index in [1.165, 1.54) is 0 Å². The minimum atomic E-state index is -0.510. The SMILES string of the molecule is CC(C)(C)OC(=O)NNCc1cn[nH]c1-c1cccs1. The topological polar surface area (TPSA) is 79.0 Å². The van der Waals surface area contributed by atoms with Crippen LogP contribution in [0.5, 0.6) is 0 Å². The fourth-order valence-corrected chi connectivity index (χ4v) is 2.35. The van der Waals surface area contributed by atoms with Crippen LogP contribution in [-0.2, 0) is 11.3 Å². The maximum atomic E-state index is 11.5. The van der Waals surface area contributed by atoms with Crippen LogP contribution in [0.4, 0.5) is 4.79 Å². The molecule has 3 N–H and O–H groups in total. The lowest BCUT2D eigenvalue weighted by atomic mass is 10.2. The molecule has 0 atom stereocenters. The highest BCUT2D eigenvalue weighted by Gasteiger charge is 2.16. The van der Waals surface area contributed by atoms with Gasteiger partial charge in [-0.1, -0.05) is 6.07 Å². The maximum Gasteiger partial charge on any atom is 0.422 e. The summed E-state index contributed by atoms with van der Waals surface area (Å²) >= 11 is 1.63. The Morgan fingerprint density at radius 2 is 2.30 bits per heavy atom. The van der Waals surface area contributed by atoms with Crippen LogP contribution in [-0.4, -0.2) is 21.9 Å². The fourth-order valence-electron chi connectivity index (χ4n) is 1.59. The number of nitrogens with zero attached hydrogens (tertiary/aromatic N) is 1. The van der Waals surface area contributed by atoms with E-state index in [1.54, 1.807) is 17.5 Å². The molecule has 0 saturated carbocycles. The van der Waals surface area contributed by atoms with Crippen LogP contribution in [0.25, 0.3) is 10.6 Å². The van der Waals surface area contributed by atoms with Crippen LogP contribution in [0.1, 0.15) is 26.3 Å². The molecule has 0 aliphatic rings. The lowest BCUT2D eigenvalue weighted by Crippen LogP contribution is -2.40. The highest BCUT2D eigenvalue weighted by molar-refractivity contribution is 7.13. The van der Waals surface area contributed by atoms with Crippen LogP contribution < -0.4 is 10.9 Å². The first-order valence-corrected chi connectivity index (χ1v) is 7.11. The number of aromatic nitrogens is 2. The number of rotatable bonds is 4. The summed E-state index contributed by atoms with van der Waals surface area (Å²) in [6, 6.07) is 4.00. The van der Waals surface area contributed by atoms with Gasteiger partial charge in [0.15, 0.2) is 0 Å². The Balaban J connectivity index is 1.87. The van der Waals surface area contributed by atoms with Crippen molar-refractivity contribution in [2.45, 2.75) is 32.9 Å².